The van der Waals surface area contributed by atoms with Gasteiger partial charge in [0.2, 0.25) is 5.95 Å². The number of hydrogen-bond acceptors (Lipinski definition) is 5. The summed E-state index contributed by atoms with van der Waals surface area (Å²) in [5, 5.41) is 15.6. The maximum atomic E-state index is 11.8. The number of anilines is 2. The molecule has 108 valence electrons. The van der Waals surface area contributed by atoms with E-state index in [9.17, 15) is 14.9 Å². The number of nitro benzene ring substituents is 1. The van der Waals surface area contributed by atoms with E-state index in [2.05, 4.69) is 20.6 Å². The minimum absolute atomic E-state index is 0.0430. The molecule has 1 aromatic heterocycles. The second-order valence-corrected chi connectivity index (χ2v) is 4.36. The predicted molar refractivity (Wildman–Crippen MR) is 77.2 cm³/mol. The standard InChI is InChI=1S/C13H13N5O3/c1-8-7-9(2)15-12(14-8)17-13(19)16-10-3-5-11(6-4-10)18(20)21/h3-7H,1-2H3,(H2,14,15,16,17,19). The molecule has 1 heterocycles. The minimum atomic E-state index is -0.520. The van der Waals surface area contributed by atoms with Crippen LogP contribution < -0.4 is 10.6 Å². The van der Waals surface area contributed by atoms with Crippen LogP contribution in [0.5, 0.6) is 0 Å². The highest BCUT2D eigenvalue weighted by Gasteiger charge is 2.08. The molecule has 2 amide bonds. The monoisotopic (exact) mass is 287 g/mol. The maximum absolute atomic E-state index is 11.8. The molecule has 2 aromatic rings. The molecule has 21 heavy (non-hydrogen) atoms. The first-order valence-corrected chi connectivity index (χ1v) is 6.09. The third-order valence-corrected chi connectivity index (χ3v) is 2.54. The van der Waals surface area contributed by atoms with Crippen molar-refractivity contribution < 1.29 is 9.72 Å². The number of benzene rings is 1. The Morgan fingerprint density at radius 2 is 1.67 bits per heavy atom. The summed E-state index contributed by atoms with van der Waals surface area (Å²) in [4.78, 5) is 30.0. The van der Waals surface area contributed by atoms with Gasteiger partial charge in [-0.15, -0.1) is 0 Å². The Hall–Kier alpha value is -3.03. The second-order valence-electron chi connectivity index (χ2n) is 4.36. The lowest BCUT2D eigenvalue weighted by atomic mass is 10.3. The third kappa shape index (κ3) is 3.96. The van der Waals surface area contributed by atoms with E-state index in [0.29, 0.717) is 5.69 Å². The first kappa shape index (κ1) is 14.4. The van der Waals surface area contributed by atoms with E-state index in [1.165, 1.54) is 24.3 Å². The number of carbonyl (C=O) groups excluding carboxylic acids is 1. The summed E-state index contributed by atoms with van der Waals surface area (Å²) in [5.74, 6) is 0.201. The van der Waals surface area contributed by atoms with E-state index >= 15 is 0 Å². The molecule has 8 nitrogen and oxygen atoms in total. The Morgan fingerprint density at radius 3 is 2.19 bits per heavy atom. The Labute approximate surface area is 120 Å². The van der Waals surface area contributed by atoms with Crippen LogP contribution in [0.2, 0.25) is 0 Å². The number of carbonyl (C=O) groups is 1. The zero-order chi connectivity index (χ0) is 15.4. The lowest BCUT2D eigenvalue weighted by molar-refractivity contribution is -0.384. The highest BCUT2D eigenvalue weighted by molar-refractivity contribution is 5.98. The molecule has 0 saturated carbocycles. The Kier molecular flexibility index (Phi) is 4.07. The number of aromatic nitrogens is 2. The molecule has 0 fully saturated rings. The van der Waals surface area contributed by atoms with Crippen molar-refractivity contribution in [2.45, 2.75) is 13.8 Å². The summed E-state index contributed by atoms with van der Waals surface area (Å²) in [6.07, 6.45) is 0. The van der Waals surface area contributed by atoms with Crippen LogP contribution >= 0.6 is 0 Å². The number of rotatable bonds is 3. The zero-order valence-corrected chi connectivity index (χ0v) is 11.5. The number of nitrogens with zero attached hydrogens (tertiary/aromatic N) is 3. The van der Waals surface area contributed by atoms with Gasteiger partial charge in [0.05, 0.1) is 4.92 Å². The molecule has 2 rings (SSSR count). The lowest BCUT2D eigenvalue weighted by Crippen LogP contribution is -2.21. The average molecular weight is 287 g/mol. The number of urea groups is 1. The molecule has 0 unspecified atom stereocenters. The summed E-state index contributed by atoms with van der Waals surface area (Å²) >= 11 is 0. The summed E-state index contributed by atoms with van der Waals surface area (Å²) < 4.78 is 0. The van der Waals surface area contributed by atoms with Crippen LogP contribution in [0.15, 0.2) is 30.3 Å². The fraction of sp³-hybridized carbons (Fsp3) is 0.154. The Balaban J connectivity index is 2.02. The number of non-ortho nitro benzene ring substituents is 1. The molecule has 0 saturated heterocycles. The van der Waals surface area contributed by atoms with Crippen molar-refractivity contribution in [1.82, 2.24) is 9.97 Å². The van der Waals surface area contributed by atoms with Crippen LogP contribution in [-0.2, 0) is 0 Å². The van der Waals surface area contributed by atoms with E-state index in [4.69, 9.17) is 0 Å². The van der Waals surface area contributed by atoms with Gasteiger partial charge in [0.1, 0.15) is 0 Å². The molecule has 0 spiro atoms. The van der Waals surface area contributed by atoms with Crippen molar-refractivity contribution >= 4 is 23.4 Å². The molecule has 2 N–H and O–H groups in total. The first-order valence-electron chi connectivity index (χ1n) is 6.09. The second kappa shape index (κ2) is 5.95. The van der Waals surface area contributed by atoms with Crippen LogP contribution in [0.4, 0.5) is 22.1 Å². The van der Waals surface area contributed by atoms with E-state index in [-0.39, 0.29) is 11.6 Å². The number of nitro groups is 1. The quantitative estimate of drug-likeness (QED) is 0.666. The Bertz CT molecular complexity index is 664. The van der Waals surface area contributed by atoms with Gasteiger partial charge >= 0.3 is 6.03 Å². The highest BCUT2D eigenvalue weighted by Crippen LogP contribution is 2.15. The number of hydrogen-bond donors (Lipinski definition) is 2. The molecule has 0 aliphatic carbocycles. The largest absolute Gasteiger partial charge is 0.326 e. The van der Waals surface area contributed by atoms with Gasteiger partial charge in [-0.2, -0.15) is 0 Å². The maximum Gasteiger partial charge on any atom is 0.326 e. The van der Waals surface area contributed by atoms with Crippen molar-refractivity contribution in [1.29, 1.82) is 0 Å². The van der Waals surface area contributed by atoms with Crippen molar-refractivity contribution in [3.63, 3.8) is 0 Å². The van der Waals surface area contributed by atoms with Crippen molar-refractivity contribution in [3.05, 3.63) is 51.8 Å². The van der Waals surface area contributed by atoms with Gasteiger partial charge in [0, 0.05) is 29.2 Å². The van der Waals surface area contributed by atoms with Crippen LogP contribution in [0.3, 0.4) is 0 Å². The average Bonchev–Trinajstić information content (AvgIpc) is 2.37. The van der Waals surface area contributed by atoms with Gasteiger partial charge < -0.3 is 5.32 Å². The fourth-order valence-corrected chi connectivity index (χ4v) is 1.71. The lowest BCUT2D eigenvalue weighted by Gasteiger charge is -2.07. The molecule has 0 aliphatic heterocycles. The molecule has 0 radical (unpaired) electrons. The van der Waals surface area contributed by atoms with Crippen molar-refractivity contribution in [3.8, 4) is 0 Å². The minimum Gasteiger partial charge on any atom is -0.308 e. The number of nitrogens with one attached hydrogen (secondary N) is 2. The molecule has 0 atom stereocenters. The van der Waals surface area contributed by atoms with E-state index in [1.807, 2.05) is 0 Å². The van der Waals surface area contributed by atoms with Gasteiger partial charge in [0.15, 0.2) is 0 Å². The van der Waals surface area contributed by atoms with E-state index in [1.54, 1.807) is 19.9 Å². The molecule has 8 heteroatoms. The van der Waals surface area contributed by atoms with Crippen molar-refractivity contribution in [2.24, 2.45) is 0 Å². The number of amides is 2. The third-order valence-electron chi connectivity index (χ3n) is 2.54. The topological polar surface area (TPSA) is 110 Å². The van der Waals surface area contributed by atoms with Gasteiger partial charge in [-0.25, -0.2) is 14.8 Å². The molecule has 0 aliphatic rings. The van der Waals surface area contributed by atoms with Gasteiger partial charge in [0.25, 0.3) is 5.69 Å². The van der Waals surface area contributed by atoms with Crippen molar-refractivity contribution in [2.75, 3.05) is 10.6 Å². The van der Waals surface area contributed by atoms with E-state index < -0.39 is 11.0 Å². The Morgan fingerprint density at radius 1 is 1.10 bits per heavy atom. The highest BCUT2D eigenvalue weighted by atomic mass is 16.6. The van der Waals surface area contributed by atoms with Gasteiger partial charge in [-0.05, 0) is 32.0 Å². The number of aryl methyl sites for hydroxylation is 2. The smallest absolute Gasteiger partial charge is 0.308 e. The van der Waals surface area contributed by atoms with Gasteiger partial charge in [-0.3, -0.25) is 15.4 Å². The SMILES string of the molecule is Cc1cc(C)nc(NC(=O)Nc2ccc([N+](=O)[O-])cc2)n1. The summed E-state index contributed by atoms with van der Waals surface area (Å²) in [7, 11) is 0. The van der Waals surface area contributed by atoms with Crippen LogP contribution in [0.25, 0.3) is 0 Å². The molecular weight excluding hydrogens is 274 g/mol. The van der Waals surface area contributed by atoms with E-state index in [0.717, 1.165) is 11.4 Å². The zero-order valence-electron chi connectivity index (χ0n) is 11.5. The molecular formula is C13H13N5O3. The summed E-state index contributed by atoms with van der Waals surface area (Å²) in [5.41, 5.74) is 1.88. The summed E-state index contributed by atoms with van der Waals surface area (Å²) in [6, 6.07) is 6.78. The normalized spacial score (nSPS) is 10.0. The predicted octanol–water partition coefficient (Wildman–Crippen LogP) is 2.65. The molecule has 1 aromatic carbocycles. The first-order chi connectivity index (χ1) is 9.94. The molecule has 0 bridgehead atoms. The summed E-state index contributed by atoms with van der Waals surface area (Å²) in [6.45, 7) is 3.60. The van der Waals surface area contributed by atoms with Gasteiger partial charge in [-0.1, -0.05) is 0 Å². The van der Waals surface area contributed by atoms with Crippen LogP contribution in [-0.4, -0.2) is 20.9 Å². The van der Waals surface area contributed by atoms with Crippen LogP contribution in [0.1, 0.15) is 11.4 Å². The van der Waals surface area contributed by atoms with Crippen LogP contribution in [0, 0.1) is 24.0 Å². The fourth-order valence-electron chi connectivity index (χ4n) is 1.71.